The van der Waals surface area contributed by atoms with Gasteiger partial charge in [-0.2, -0.15) is 0 Å². The lowest BCUT2D eigenvalue weighted by Gasteiger charge is -2.37. The van der Waals surface area contributed by atoms with Crippen LogP contribution >= 0.6 is 0 Å². The lowest BCUT2D eigenvalue weighted by atomic mass is 9.83. The monoisotopic (exact) mass is 583 g/mol. The van der Waals surface area contributed by atoms with Crippen LogP contribution in [0.1, 0.15) is 62.4 Å². The van der Waals surface area contributed by atoms with E-state index < -0.39 is 12.1 Å². The molecule has 7 unspecified atom stereocenters. The van der Waals surface area contributed by atoms with Gasteiger partial charge in [-0.05, 0) is 72.9 Å². The summed E-state index contributed by atoms with van der Waals surface area (Å²) in [5, 5.41) is 11.1. The van der Waals surface area contributed by atoms with E-state index in [4.69, 9.17) is 4.74 Å². The van der Waals surface area contributed by atoms with E-state index in [0.29, 0.717) is 12.0 Å². The second-order valence-corrected chi connectivity index (χ2v) is 12.1. The zero-order valence-corrected chi connectivity index (χ0v) is 25.0. The second-order valence-electron chi connectivity index (χ2n) is 12.1. The molecule has 0 aromatic heterocycles. The van der Waals surface area contributed by atoms with Crippen molar-refractivity contribution in [3.05, 3.63) is 83.9 Å². The zero-order valence-electron chi connectivity index (χ0n) is 25.0. The minimum atomic E-state index is -0.723. The summed E-state index contributed by atoms with van der Waals surface area (Å²) in [6.45, 7) is 5.66. The number of cyclic esters (lactones) is 1. The smallest absolute Gasteiger partial charge is 0.314 e. The number of esters is 1. The topological polar surface area (TPSA) is 114 Å². The van der Waals surface area contributed by atoms with Crippen molar-refractivity contribution < 1.29 is 23.9 Å². The van der Waals surface area contributed by atoms with E-state index in [1.807, 2.05) is 68.4 Å². The van der Waals surface area contributed by atoms with Crippen LogP contribution in [0.15, 0.2) is 72.8 Å². The predicted molar refractivity (Wildman–Crippen MR) is 165 cm³/mol. The number of nitrogens with one attached hydrogen (secondary N) is 3. The summed E-state index contributed by atoms with van der Waals surface area (Å²) in [6, 6.07) is 22.6. The van der Waals surface area contributed by atoms with Crippen molar-refractivity contribution in [2.45, 2.75) is 77.1 Å². The van der Waals surface area contributed by atoms with Crippen LogP contribution in [0.4, 0.5) is 0 Å². The molecular formula is C35H41N3O5. The maximum absolute atomic E-state index is 13.3. The van der Waals surface area contributed by atoms with Gasteiger partial charge in [0.2, 0.25) is 5.91 Å². The molecule has 8 heteroatoms. The summed E-state index contributed by atoms with van der Waals surface area (Å²) in [5.74, 6) is -1.15. The maximum Gasteiger partial charge on any atom is 0.314 e. The predicted octanol–water partition coefficient (Wildman–Crippen LogP) is 4.56. The summed E-state index contributed by atoms with van der Waals surface area (Å²) < 4.78 is 5.19. The average molecular weight is 584 g/mol. The third kappa shape index (κ3) is 7.42. The third-order valence-corrected chi connectivity index (χ3v) is 8.92. The number of aryl methyl sites for hydroxylation is 1. The van der Waals surface area contributed by atoms with Crippen LogP contribution in [0.5, 0.6) is 0 Å². The first-order valence-electron chi connectivity index (χ1n) is 15.4. The van der Waals surface area contributed by atoms with Crippen molar-refractivity contribution in [2.75, 3.05) is 0 Å². The molecule has 1 saturated carbocycles. The van der Waals surface area contributed by atoms with Gasteiger partial charge in [-0.3, -0.25) is 19.2 Å². The molecule has 1 heterocycles. The van der Waals surface area contributed by atoms with Gasteiger partial charge in [0.1, 0.15) is 12.0 Å². The number of hydrogen-bond donors (Lipinski definition) is 3. The maximum atomic E-state index is 13.3. The SMILES string of the molecule is CCC(C)C1C(=O)OC1C(=O)NC1CC1CC(CCc1ccccc1)NC(=O)C(C)NC(=O)c1ccc2ccccc2c1. The second kappa shape index (κ2) is 13.4. The van der Waals surface area contributed by atoms with E-state index >= 15 is 0 Å². The summed E-state index contributed by atoms with van der Waals surface area (Å²) in [5.41, 5.74) is 1.69. The van der Waals surface area contributed by atoms with Gasteiger partial charge in [0.15, 0.2) is 6.10 Å². The van der Waals surface area contributed by atoms with Crippen molar-refractivity contribution in [1.82, 2.24) is 16.0 Å². The lowest BCUT2D eigenvalue weighted by Crippen LogP contribution is -2.56. The Labute approximate surface area is 253 Å². The van der Waals surface area contributed by atoms with Gasteiger partial charge < -0.3 is 20.7 Å². The van der Waals surface area contributed by atoms with Crippen LogP contribution in [0, 0.1) is 17.8 Å². The number of ether oxygens (including phenoxy) is 1. The molecule has 0 radical (unpaired) electrons. The standard InChI is InChI=1S/C35H41N3O5/c1-4-21(2)30-31(43-35(30)42)34(41)38-29-20-27(29)19-28(17-14-23-10-6-5-7-11-23)37-32(39)22(3)36-33(40)26-16-15-24-12-8-9-13-25(24)18-26/h5-13,15-16,18,21-22,27-31H,4,14,17,19-20H2,1-3H3,(H,36,40)(H,37,39)(H,38,41). The minimum Gasteiger partial charge on any atom is -0.451 e. The van der Waals surface area contributed by atoms with E-state index in [0.717, 1.165) is 36.5 Å². The first kappa shape index (κ1) is 30.3. The Balaban J connectivity index is 1.17. The van der Waals surface area contributed by atoms with Gasteiger partial charge >= 0.3 is 5.97 Å². The van der Waals surface area contributed by atoms with Crippen LogP contribution in [0.25, 0.3) is 10.8 Å². The lowest BCUT2D eigenvalue weighted by molar-refractivity contribution is -0.193. The molecule has 1 aliphatic heterocycles. The first-order chi connectivity index (χ1) is 20.7. The highest BCUT2D eigenvalue weighted by molar-refractivity contribution is 6.00. The highest BCUT2D eigenvalue weighted by Gasteiger charge is 2.51. The summed E-state index contributed by atoms with van der Waals surface area (Å²) in [4.78, 5) is 51.0. The molecule has 226 valence electrons. The Hall–Kier alpha value is -4.20. The molecule has 3 amide bonds. The fraction of sp³-hybridized carbons (Fsp3) is 0.429. The summed E-state index contributed by atoms with van der Waals surface area (Å²) in [7, 11) is 0. The molecule has 3 N–H and O–H groups in total. The number of fused-ring (bicyclic) bond motifs is 1. The van der Waals surface area contributed by atoms with Crippen molar-refractivity contribution >= 4 is 34.5 Å². The van der Waals surface area contributed by atoms with Crippen molar-refractivity contribution in [3.63, 3.8) is 0 Å². The van der Waals surface area contributed by atoms with Crippen LogP contribution in [0.2, 0.25) is 0 Å². The van der Waals surface area contributed by atoms with Gasteiger partial charge in [-0.1, -0.05) is 80.9 Å². The van der Waals surface area contributed by atoms with Gasteiger partial charge in [0.25, 0.3) is 11.8 Å². The van der Waals surface area contributed by atoms with E-state index in [2.05, 4.69) is 28.1 Å². The fourth-order valence-corrected chi connectivity index (χ4v) is 5.88. The van der Waals surface area contributed by atoms with Crippen molar-refractivity contribution in [3.8, 4) is 0 Å². The molecular weight excluding hydrogens is 542 g/mol. The summed E-state index contributed by atoms with van der Waals surface area (Å²) >= 11 is 0. The molecule has 5 rings (SSSR count). The van der Waals surface area contributed by atoms with Gasteiger partial charge in [-0.15, -0.1) is 0 Å². The number of benzene rings is 3. The molecule has 43 heavy (non-hydrogen) atoms. The Morgan fingerprint density at radius 3 is 2.37 bits per heavy atom. The fourth-order valence-electron chi connectivity index (χ4n) is 5.88. The van der Waals surface area contributed by atoms with Crippen LogP contribution in [-0.2, 0) is 25.5 Å². The third-order valence-electron chi connectivity index (χ3n) is 8.92. The molecule has 0 bridgehead atoms. The van der Waals surface area contributed by atoms with E-state index in [-0.39, 0.29) is 53.5 Å². The Bertz CT molecular complexity index is 1470. The van der Waals surface area contributed by atoms with Gasteiger partial charge in [0.05, 0.1) is 0 Å². The number of carbonyl (C=O) groups excluding carboxylic acids is 4. The minimum absolute atomic E-state index is 0.00876. The zero-order chi connectivity index (χ0) is 30.5. The van der Waals surface area contributed by atoms with E-state index in [1.165, 1.54) is 5.56 Å². The number of rotatable bonds is 13. The quantitative estimate of drug-likeness (QED) is 0.256. The Kier molecular flexibility index (Phi) is 9.43. The van der Waals surface area contributed by atoms with Crippen LogP contribution in [0.3, 0.4) is 0 Å². The molecule has 7 atom stereocenters. The highest BCUT2D eigenvalue weighted by atomic mass is 16.6. The molecule has 2 fully saturated rings. The molecule has 0 spiro atoms. The Morgan fingerprint density at radius 1 is 0.930 bits per heavy atom. The largest absolute Gasteiger partial charge is 0.451 e. The van der Waals surface area contributed by atoms with Gasteiger partial charge in [-0.25, -0.2) is 0 Å². The van der Waals surface area contributed by atoms with Crippen LogP contribution < -0.4 is 16.0 Å². The molecule has 3 aromatic rings. The average Bonchev–Trinajstić information content (AvgIpc) is 3.74. The molecule has 8 nitrogen and oxygen atoms in total. The molecule has 1 saturated heterocycles. The molecule has 1 aliphatic carbocycles. The number of carbonyl (C=O) groups is 4. The van der Waals surface area contributed by atoms with Crippen LogP contribution in [-0.4, -0.2) is 47.9 Å². The summed E-state index contributed by atoms with van der Waals surface area (Å²) in [6.07, 6.45) is 3.13. The number of hydrogen-bond acceptors (Lipinski definition) is 5. The first-order valence-corrected chi connectivity index (χ1v) is 15.4. The molecule has 3 aromatic carbocycles. The van der Waals surface area contributed by atoms with Crippen molar-refractivity contribution in [2.24, 2.45) is 17.8 Å². The van der Waals surface area contributed by atoms with Crippen molar-refractivity contribution in [1.29, 1.82) is 0 Å². The molecule has 2 aliphatic rings. The highest BCUT2D eigenvalue weighted by Crippen LogP contribution is 2.37. The number of amides is 3. The Morgan fingerprint density at radius 2 is 1.65 bits per heavy atom. The van der Waals surface area contributed by atoms with Gasteiger partial charge in [0, 0.05) is 17.6 Å². The normalized spacial score (nSPS) is 22.8. The van der Waals surface area contributed by atoms with E-state index in [9.17, 15) is 19.2 Å². The van der Waals surface area contributed by atoms with E-state index in [1.54, 1.807) is 13.0 Å².